The Morgan fingerprint density at radius 3 is 2.74 bits per heavy atom. The van der Waals surface area contributed by atoms with E-state index in [1.165, 1.54) is 20.6 Å². The van der Waals surface area contributed by atoms with E-state index in [9.17, 15) is 4.79 Å². The highest BCUT2D eigenvalue weighted by Gasteiger charge is 2.23. The fourth-order valence-electron chi connectivity index (χ4n) is 2.88. The summed E-state index contributed by atoms with van der Waals surface area (Å²) in [4.78, 5) is 14.5. The van der Waals surface area contributed by atoms with Gasteiger partial charge < -0.3 is 20.1 Å². The lowest BCUT2D eigenvalue weighted by atomic mass is 10.2. The number of methoxy groups -OCH3 is 2. The third-order valence-corrected chi connectivity index (χ3v) is 4.42. The number of carbonyl (C=O) groups excluding carboxylic acids is 1. The van der Waals surface area contributed by atoms with Gasteiger partial charge in [-0.25, -0.2) is 4.79 Å². The SMILES string of the molecule is CCN1CCCC1CNC(=O)Nc1cc(Cl)c(OC)cc1OC. The average Bonchev–Trinajstić information content (AvgIpc) is 3.00. The molecule has 1 heterocycles. The molecule has 6 nitrogen and oxygen atoms in total. The number of nitrogens with zero attached hydrogens (tertiary/aromatic N) is 1. The number of likely N-dealkylation sites (N-methyl/N-ethyl adjacent to an activating group) is 1. The molecular formula is C16H24ClN3O3. The molecule has 0 aromatic heterocycles. The Bertz CT molecular complexity index is 554. The number of ether oxygens (including phenoxy) is 2. The molecule has 0 radical (unpaired) electrons. The first-order chi connectivity index (χ1) is 11.1. The Morgan fingerprint density at radius 2 is 2.09 bits per heavy atom. The van der Waals surface area contributed by atoms with Crippen LogP contribution in [0.1, 0.15) is 19.8 Å². The van der Waals surface area contributed by atoms with Crippen molar-refractivity contribution < 1.29 is 14.3 Å². The van der Waals surface area contributed by atoms with Gasteiger partial charge in [0.15, 0.2) is 0 Å². The van der Waals surface area contributed by atoms with Crippen molar-refractivity contribution in [3.05, 3.63) is 17.2 Å². The third-order valence-electron chi connectivity index (χ3n) is 4.13. The summed E-state index contributed by atoms with van der Waals surface area (Å²) >= 11 is 6.10. The van der Waals surface area contributed by atoms with Gasteiger partial charge in [0.2, 0.25) is 0 Å². The molecule has 128 valence electrons. The minimum atomic E-state index is -0.271. The summed E-state index contributed by atoms with van der Waals surface area (Å²) in [7, 11) is 3.06. The summed E-state index contributed by atoms with van der Waals surface area (Å²) < 4.78 is 10.4. The number of benzene rings is 1. The van der Waals surface area contributed by atoms with Crippen LogP contribution in [-0.4, -0.2) is 50.8 Å². The van der Waals surface area contributed by atoms with Crippen LogP contribution in [0.25, 0.3) is 0 Å². The molecule has 0 saturated carbocycles. The van der Waals surface area contributed by atoms with E-state index in [-0.39, 0.29) is 6.03 Å². The van der Waals surface area contributed by atoms with E-state index in [0.717, 1.165) is 19.5 Å². The number of carbonyl (C=O) groups is 1. The van der Waals surface area contributed by atoms with E-state index >= 15 is 0 Å². The largest absolute Gasteiger partial charge is 0.495 e. The Kier molecular flexibility index (Phi) is 6.36. The molecule has 1 atom stereocenters. The molecule has 23 heavy (non-hydrogen) atoms. The molecule has 1 unspecified atom stereocenters. The van der Waals surface area contributed by atoms with Gasteiger partial charge in [0, 0.05) is 18.7 Å². The van der Waals surface area contributed by atoms with E-state index in [1.807, 2.05) is 0 Å². The molecule has 1 saturated heterocycles. The second-order valence-corrected chi connectivity index (χ2v) is 5.85. The first-order valence-electron chi connectivity index (χ1n) is 7.79. The molecule has 1 aliphatic rings. The van der Waals surface area contributed by atoms with Crippen molar-refractivity contribution in [2.75, 3.05) is 39.2 Å². The van der Waals surface area contributed by atoms with Crippen LogP contribution < -0.4 is 20.1 Å². The van der Waals surface area contributed by atoms with Crippen molar-refractivity contribution in [1.82, 2.24) is 10.2 Å². The van der Waals surface area contributed by atoms with Gasteiger partial charge in [0.25, 0.3) is 0 Å². The Morgan fingerprint density at radius 1 is 1.35 bits per heavy atom. The van der Waals surface area contributed by atoms with Crippen LogP contribution in [0.3, 0.4) is 0 Å². The van der Waals surface area contributed by atoms with Crippen molar-refractivity contribution in [2.45, 2.75) is 25.8 Å². The summed E-state index contributed by atoms with van der Waals surface area (Å²) in [5.41, 5.74) is 0.509. The average molecular weight is 342 g/mol. The van der Waals surface area contributed by atoms with Crippen LogP contribution in [0.2, 0.25) is 5.02 Å². The molecule has 1 aromatic carbocycles. The van der Waals surface area contributed by atoms with Gasteiger partial charge in [-0.15, -0.1) is 0 Å². The second-order valence-electron chi connectivity index (χ2n) is 5.45. The van der Waals surface area contributed by atoms with Gasteiger partial charge in [0.1, 0.15) is 11.5 Å². The molecule has 2 rings (SSSR count). The normalized spacial score (nSPS) is 17.8. The second kappa shape index (κ2) is 8.26. The van der Waals surface area contributed by atoms with Crippen LogP contribution in [-0.2, 0) is 0 Å². The predicted octanol–water partition coefficient (Wildman–Crippen LogP) is 2.96. The summed E-state index contributed by atoms with van der Waals surface area (Å²) in [6, 6.07) is 3.40. The number of amides is 2. The highest BCUT2D eigenvalue weighted by atomic mass is 35.5. The quantitative estimate of drug-likeness (QED) is 0.835. The fourth-order valence-corrected chi connectivity index (χ4v) is 3.12. The number of likely N-dealkylation sites (tertiary alicyclic amines) is 1. The summed E-state index contributed by atoms with van der Waals surface area (Å²) in [6.07, 6.45) is 2.30. The number of urea groups is 1. The maximum atomic E-state index is 12.1. The van der Waals surface area contributed by atoms with Gasteiger partial charge >= 0.3 is 6.03 Å². The van der Waals surface area contributed by atoms with Crippen LogP contribution in [0.4, 0.5) is 10.5 Å². The minimum Gasteiger partial charge on any atom is -0.495 e. The fraction of sp³-hybridized carbons (Fsp3) is 0.562. The van der Waals surface area contributed by atoms with Crippen molar-refractivity contribution in [1.29, 1.82) is 0 Å². The topological polar surface area (TPSA) is 62.8 Å². The predicted molar refractivity (Wildman–Crippen MR) is 91.8 cm³/mol. The summed E-state index contributed by atoms with van der Waals surface area (Å²) in [6.45, 7) is 4.89. The standard InChI is InChI=1S/C16H24ClN3O3/c1-4-20-7-5-6-11(20)10-18-16(21)19-13-8-12(17)14(22-2)9-15(13)23-3/h8-9,11H,4-7,10H2,1-3H3,(H2,18,19,21). The number of anilines is 1. The van der Waals surface area contributed by atoms with Gasteiger partial charge in [-0.2, -0.15) is 0 Å². The first-order valence-corrected chi connectivity index (χ1v) is 8.17. The molecule has 1 aromatic rings. The van der Waals surface area contributed by atoms with E-state index in [2.05, 4.69) is 22.5 Å². The van der Waals surface area contributed by atoms with E-state index in [1.54, 1.807) is 12.1 Å². The smallest absolute Gasteiger partial charge is 0.319 e. The van der Waals surface area contributed by atoms with Crippen molar-refractivity contribution in [2.24, 2.45) is 0 Å². The number of hydrogen-bond acceptors (Lipinski definition) is 4. The number of nitrogens with one attached hydrogen (secondary N) is 2. The minimum absolute atomic E-state index is 0.271. The van der Waals surface area contributed by atoms with E-state index in [4.69, 9.17) is 21.1 Å². The first kappa shape index (κ1) is 17.7. The summed E-state index contributed by atoms with van der Waals surface area (Å²) in [5, 5.41) is 6.11. The van der Waals surface area contributed by atoms with Gasteiger partial charge in [-0.1, -0.05) is 18.5 Å². The molecule has 0 aliphatic carbocycles. The zero-order valence-corrected chi connectivity index (χ0v) is 14.6. The van der Waals surface area contributed by atoms with Crippen LogP contribution in [0, 0.1) is 0 Å². The molecule has 1 aliphatic heterocycles. The maximum Gasteiger partial charge on any atom is 0.319 e. The highest BCUT2D eigenvalue weighted by molar-refractivity contribution is 6.32. The maximum absolute atomic E-state index is 12.1. The van der Waals surface area contributed by atoms with E-state index in [0.29, 0.717) is 34.8 Å². The van der Waals surface area contributed by atoms with Crippen LogP contribution in [0.15, 0.2) is 12.1 Å². The molecule has 2 N–H and O–H groups in total. The number of halogens is 1. The van der Waals surface area contributed by atoms with Crippen molar-refractivity contribution in [3.8, 4) is 11.5 Å². The zero-order chi connectivity index (χ0) is 16.8. The number of hydrogen-bond donors (Lipinski definition) is 2. The Balaban J connectivity index is 1.96. The monoisotopic (exact) mass is 341 g/mol. The highest BCUT2D eigenvalue weighted by Crippen LogP contribution is 2.35. The van der Waals surface area contributed by atoms with Crippen molar-refractivity contribution >= 4 is 23.3 Å². The van der Waals surface area contributed by atoms with Crippen molar-refractivity contribution in [3.63, 3.8) is 0 Å². The summed E-state index contributed by atoms with van der Waals surface area (Å²) in [5.74, 6) is 0.997. The van der Waals surface area contributed by atoms with Crippen LogP contribution in [0.5, 0.6) is 11.5 Å². The molecule has 0 bridgehead atoms. The lowest BCUT2D eigenvalue weighted by Gasteiger charge is -2.23. The van der Waals surface area contributed by atoms with E-state index < -0.39 is 0 Å². The molecule has 2 amide bonds. The molecule has 1 fully saturated rings. The molecular weight excluding hydrogens is 318 g/mol. The lowest BCUT2D eigenvalue weighted by molar-refractivity contribution is 0.238. The van der Waals surface area contributed by atoms with Gasteiger partial charge in [0.05, 0.1) is 24.9 Å². The number of rotatable bonds is 6. The van der Waals surface area contributed by atoms with Gasteiger partial charge in [-0.05, 0) is 32.0 Å². The van der Waals surface area contributed by atoms with Crippen LogP contribution >= 0.6 is 11.6 Å². The third kappa shape index (κ3) is 4.42. The van der Waals surface area contributed by atoms with Gasteiger partial charge in [-0.3, -0.25) is 4.90 Å². The lowest BCUT2D eigenvalue weighted by Crippen LogP contribution is -2.41. The molecule has 7 heteroatoms. The zero-order valence-electron chi connectivity index (χ0n) is 13.8. The Hall–Kier alpha value is -1.66. The molecule has 0 spiro atoms. The Labute approximate surface area is 142 Å².